The zero-order valence-electron chi connectivity index (χ0n) is 49.7. The molecule has 85 heavy (non-hydrogen) atoms. The molecule has 3 aliphatic carbocycles. The van der Waals surface area contributed by atoms with E-state index in [1.54, 1.807) is 0 Å². The van der Waals surface area contributed by atoms with Gasteiger partial charge in [-0.15, -0.1) is 0 Å². The maximum Gasteiger partial charge on any atom is 0.159 e. The Hall–Kier alpha value is -8.92. The first-order chi connectivity index (χ1) is 41.9. The zero-order valence-corrected chi connectivity index (χ0v) is 49.7. The molecule has 0 N–H and O–H groups in total. The third kappa shape index (κ3) is 10.4. The number of para-hydroxylation sites is 1. The van der Waals surface area contributed by atoms with Crippen LogP contribution in [0.4, 0.5) is 0 Å². The van der Waals surface area contributed by atoms with E-state index in [9.17, 15) is 0 Å². The topological polar surface area (TPSA) is 29.6 Å². The van der Waals surface area contributed by atoms with E-state index in [0.717, 1.165) is 79.7 Å². The van der Waals surface area contributed by atoms with Gasteiger partial charge < -0.3 is 4.57 Å². The lowest BCUT2D eigenvalue weighted by atomic mass is 9.75. The molecule has 5 atom stereocenters. The Morgan fingerprint density at radius 2 is 1.26 bits per heavy atom. The predicted molar refractivity (Wildman–Crippen MR) is 359 cm³/mol. The molecule has 5 unspecified atom stereocenters. The third-order valence-electron chi connectivity index (χ3n) is 19.3. The molecule has 0 spiro atoms. The van der Waals surface area contributed by atoms with Crippen LogP contribution >= 0.6 is 0 Å². The first kappa shape index (κ1) is 54.0. The van der Waals surface area contributed by atoms with Crippen LogP contribution in [-0.2, 0) is 19.3 Å². The number of aryl methyl sites for hydroxylation is 1. The fourth-order valence-electron chi connectivity index (χ4n) is 14.7. The van der Waals surface area contributed by atoms with Crippen LogP contribution in [0.15, 0.2) is 252 Å². The number of benzene rings is 9. The summed E-state index contributed by atoms with van der Waals surface area (Å²) in [6.07, 6.45) is 21.4. The SMILES string of the molecule is CCC1C=C(C(C)C(C)c2c(-c3ccccc3C)cc(-n3c4c(c5ccccc53)C=CCC4)c3c2CCC(Cc2ccc(-c4ccccc4)cc2)c2ccccc2-3)N=C(c2cccc(C3C=CCCC3)c2)N=C1c1cccc(-c2ccccc2)c1. The molecule has 418 valence electrons. The number of fused-ring (bicyclic) bond motifs is 6. The van der Waals surface area contributed by atoms with E-state index in [1.165, 1.54) is 112 Å². The summed E-state index contributed by atoms with van der Waals surface area (Å²) < 4.78 is 2.69. The van der Waals surface area contributed by atoms with Gasteiger partial charge in [0.1, 0.15) is 0 Å². The van der Waals surface area contributed by atoms with Crippen molar-refractivity contribution >= 4 is 28.5 Å². The van der Waals surface area contributed by atoms with Gasteiger partial charge in [0, 0.05) is 51.2 Å². The molecule has 14 rings (SSSR count). The second-order valence-electron chi connectivity index (χ2n) is 24.4. The molecule has 9 aromatic carbocycles. The fourth-order valence-corrected chi connectivity index (χ4v) is 14.7. The van der Waals surface area contributed by atoms with E-state index < -0.39 is 0 Å². The Balaban J connectivity index is 0.966. The van der Waals surface area contributed by atoms with E-state index in [-0.39, 0.29) is 17.8 Å². The highest BCUT2D eigenvalue weighted by Crippen LogP contribution is 2.52. The molecule has 2 heterocycles. The minimum Gasteiger partial charge on any atom is -0.312 e. The summed E-state index contributed by atoms with van der Waals surface area (Å²) in [5.41, 5.74) is 28.3. The second-order valence-corrected chi connectivity index (χ2v) is 24.4. The van der Waals surface area contributed by atoms with Crippen LogP contribution in [0.2, 0.25) is 0 Å². The Morgan fingerprint density at radius 1 is 0.565 bits per heavy atom. The predicted octanol–water partition coefficient (Wildman–Crippen LogP) is 21.3. The van der Waals surface area contributed by atoms with Crippen molar-refractivity contribution in [2.45, 2.75) is 103 Å². The van der Waals surface area contributed by atoms with Crippen molar-refractivity contribution in [3.05, 3.63) is 298 Å². The highest BCUT2D eigenvalue weighted by atomic mass is 15.0. The van der Waals surface area contributed by atoms with Crippen molar-refractivity contribution in [2.24, 2.45) is 21.8 Å². The van der Waals surface area contributed by atoms with Crippen LogP contribution in [-0.4, -0.2) is 16.1 Å². The van der Waals surface area contributed by atoms with Crippen molar-refractivity contribution < 1.29 is 0 Å². The summed E-state index contributed by atoms with van der Waals surface area (Å²) in [5.74, 6) is 1.59. The van der Waals surface area contributed by atoms with Gasteiger partial charge >= 0.3 is 0 Å². The highest BCUT2D eigenvalue weighted by Gasteiger charge is 2.35. The van der Waals surface area contributed by atoms with E-state index >= 15 is 0 Å². The van der Waals surface area contributed by atoms with E-state index in [4.69, 9.17) is 9.98 Å². The van der Waals surface area contributed by atoms with Crippen LogP contribution in [0.5, 0.6) is 0 Å². The molecule has 4 aliphatic rings. The van der Waals surface area contributed by atoms with Crippen LogP contribution < -0.4 is 0 Å². The number of hydrogen-bond acceptors (Lipinski definition) is 2. The fraction of sp³-hybridized carbons (Fsp3) is 0.220. The molecule has 1 aromatic heterocycles. The van der Waals surface area contributed by atoms with Crippen molar-refractivity contribution in [3.8, 4) is 50.2 Å². The number of allylic oxidation sites excluding steroid dienone is 5. The normalized spacial score (nSPS) is 18.0. The van der Waals surface area contributed by atoms with Crippen LogP contribution in [0, 0.1) is 18.8 Å². The lowest BCUT2D eigenvalue weighted by molar-refractivity contribution is 0.544. The monoisotopic (exact) mass is 1100 g/mol. The number of amidine groups is 1. The average Bonchev–Trinajstić information content (AvgIpc) is 2.04. The van der Waals surface area contributed by atoms with Gasteiger partial charge in [0.15, 0.2) is 5.84 Å². The van der Waals surface area contributed by atoms with Crippen LogP contribution in [0.25, 0.3) is 67.2 Å². The van der Waals surface area contributed by atoms with Crippen molar-refractivity contribution in [1.82, 2.24) is 4.57 Å². The summed E-state index contributed by atoms with van der Waals surface area (Å²) in [6, 6.07) is 79.6. The average molecular weight is 1100 g/mol. The van der Waals surface area contributed by atoms with Gasteiger partial charge in [-0.1, -0.05) is 239 Å². The standard InChI is InChI=1S/C82H75N3/c1-5-58-52-75(83-82(67-35-24-33-64(51-67)61-30-13-8-14-31-61)84-81(58)66-34-23-32-63(50-66)60-28-11-7-12-29-60)55(3)56(4)79-73-48-47-65(49-57-43-45-62(46-44-57)59-26-9-6-10-27-59)69-37-17-18-40-72(69)80(73)78(53-74(79)68-36-16-15-25-54(68)2)85-76-41-21-19-38-70(76)71-39-20-22-42-77(71)85/h6-7,9-13,15-21,23-30,32-41,43-46,50-53,55-56,58,61,65H,5,8,14,22,31,42,47-49H2,1-4H3. The molecular formula is C82H75N3. The molecule has 0 saturated carbocycles. The Labute approximate surface area is 503 Å². The van der Waals surface area contributed by atoms with Crippen molar-refractivity contribution in [2.75, 3.05) is 0 Å². The summed E-state index contributed by atoms with van der Waals surface area (Å²) in [5, 5.41) is 1.32. The minimum absolute atomic E-state index is 0.0131. The van der Waals surface area contributed by atoms with Gasteiger partial charge in [0.25, 0.3) is 0 Å². The van der Waals surface area contributed by atoms with Crippen LogP contribution in [0.1, 0.15) is 133 Å². The van der Waals surface area contributed by atoms with Crippen LogP contribution in [0.3, 0.4) is 0 Å². The van der Waals surface area contributed by atoms with Crippen molar-refractivity contribution in [3.63, 3.8) is 0 Å². The first-order valence-electron chi connectivity index (χ1n) is 31.5. The number of hydrogen-bond donors (Lipinski definition) is 0. The van der Waals surface area contributed by atoms with Gasteiger partial charge in [0.2, 0.25) is 0 Å². The van der Waals surface area contributed by atoms with E-state index in [1.807, 2.05) is 0 Å². The molecule has 3 nitrogen and oxygen atoms in total. The summed E-state index contributed by atoms with van der Waals surface area (Å²) in [6.45, 7) is 9.62. The molecule has 0 bridgehead atoms. The molecule has 3 heteroatoms. The van der Waals surface area contributed by atoms with E-state index in [2.05, 4.69) is 275 Å². The molecule has 0 fully saturated rings. The summed E-state index contributed by atoms with van der Waals surface area (Å²) in [4.78, 5) is 11.7. The maximum atomic E-state index is 5.91. The third-order valence-corrected chi connectivity index (χ3v) is 19.3. The lowest BCUT2D eigenvalue weighted by Gasteiger charge is -2.31. The maximum absolute atomic E-state index is 5.91. The number of aromatic nitrogens is 1. The minimum atomic E-state index is 0.0131. The largest absolute Gasteiger partial charge is 0.312 e. The molecule has 0 radical (unpaired) electrons. The van der Waals surface area contributed by atoms with Gasteiger partial charge in [-0.2, -0.15) is 0 Å². The van der Waals surface area contributed by atoms with Gasteiger partial charge in [-0.3, -0.25) is 0 Å². The number of rotatable bonds is 13. The first-order valence-corrected chi connectivity index (χ1v) is 31.5. The molecular weight excluding hydrogens is 1030 g/mol. The van der Waals surface area contributed by atoms with Gasteiger partial charge in [-0.05, 0) is 179 Å². The molecule has 1 aliphatic heterocycles. The van der Waals surface area contributed by atoms with Gasteiger partial charge in [0.05, 0.1) is 16.9 Å². The molecule has 10 aromatic rings. The molecule has 0 amide bonds. The highest BCUT2D eigenvalue weighted by molar-refractivity contribution is 6.15. The zero-order chi connectivity index (χ0) is 57.4. The Bertz CT molecular complexity index is 4280. The Kier molecular flexibility index (Phi) is 15.0. The smallest absolute Gasteiger partial charge is 0.159 e. The van der Waals surface area contributed by atoms with Crippen molar-refractivity contribution in [1.29, 1.82) is 0 Å². The lowest BCUT2D eigenvalue weighted by Crippen LogP contribution is -2.17. The quantitative estimate of drug-likeness (QED) is 0.103. The second kappa shape index (κ2) is 23.6. The number of aliphatic imine (C=N–C) groups is 2. The Morgan fingerprint density at radius 3 is 2.05 bits per heavy atom. The summed E-state index contributed by atoms with van der Waals surface area (Å²) >= 11 is 0. The van der Waals surface area contributed by atoms with Gasteiger partial charge in [-0.25, -0.2) is 9.98 Å². The van der Waals surface area contributed by atoms with E-state index in [0.29, 0.717) is 11.8 Å². The molecule has 0 saturated heterocycles. The summed E-state index contributed by atoms with van der Waals surface area (Å²) in [7, 11) is 0. The number of nitrogens with zero attached hydrogens (tertiary/aromatic N) is 3.